The summed E-state index contributed by atoms with van der Waals surface area (Å²) in [4.78, 5) is 22.7. The van der Waals surface area contributed by atoms with E-state index in [1.54, 1.807) is 0 Å². The number of aromatic nitrogens is 1. The minimum absolute atomic E-state index is 0.0858. The first kappa shape index (κ1) is 13.6. The number of nitrogen functional groups attached to an aromatic ring is 1. The van der Waals surface area contributed by atoms with Gasteiger partial charge in [-0.15, -0.1) is 0 Å². The summed E-state index contributed by atoms with van der Waals surface area (Å²) in [7, 11) is 0. The summed E-state index contributed by atoms with van der Waals surface area (Å²) in [6.45, 7) is 2.46. The van der Waals surface area contributed by atoms with Crippen LogP contribution in [0.1, 0.15) is 30.1 Å². The molecule has 2 amide bonds. The van der Waals surface area contributed by atoms with Crippen molar-refractivity contribution in [3.8, 4) is 0 Å². The van der Waals surface area contributed by atoms with Crippen LogP contribution in [0.25, 0.3) is 0 Å². The quantitative estimate of drug-likeness (QED) is 0.556. The molecule has 5 N–H and O–H groups in total. The molecule has 0 aliphatic heterocycles. The van der Waals surface area contributed by atoms with Crippen LogP contribution in [-0.4, -0.2) is 35.3 Å². The zero-order valence-electron chi connectivity index (χ0n) is 10.7. The van der Waals surface area contributed by atoms with E-state index in [-0.39, 0.29) is 23.7 Å². The fourth-order valence-electron chi connectivity index (χ4n) is 1.54. The Morgan fingerprint density at radius 2 is 2.16 bits per heavy atom. The van der Waals surface area contributed by atoms with Gasteiger partial charge < -0.3 is 21.7 Å². The van der Waals surface area contributed by atoms with Crippen molar-refractivity contribution in [1.29, 1.82) is 0 Å². The van der Waals surface area contributed by atoms with Crippen molar-refractivity contribution in [2.75, 3.05) is 24.1 Å². The molecule has 0 spiro atoms. The third kappa shape index (κ3) is 3.82. The Morgan fingerprint density at radius 3 is 2.79 bits per heavy atom. The van der Waals surface area contributed by atoms with Gasteiger partial charge in [-0.3, -0.25) is 9.59 Å². The second kappa shape index (κ2) is 5.87. The number of anilines is 2. The first-order valence-electron chi connectivity index (χ1n) is 6.12. The zero-order valence-corrected chi connectivity index (χ0v) is 11.5. The third-order valence-corrected chi connectivity index (χ3v) is 3.46. The second-order valence-electron chi connectivity index (χ2n) is 4.43. The molecule has 0 atom stereocenters. The molecule has 104 valence electrons. The Balaban J connectivity index is 1.92. The first-order chi connectivity index (χ1) is 9.08. The number of hydrogen-bond donors (Lipinski definition) is 4. The maximum absolute atomic E-state index is 12.0. The van der Waals surface area contributed by atoms with Crippen molar-refractivity contribution in [1.82, 2.24) is 15.0 Å². The smallest absolute Gasteiger partial charge is 0.258 e. The van der Waals surface area contributed by atoms with Crippen molar-refractivity contribution < 1.29 is 9.59 Å². The minimum Gasteiger partial charge on any atom is -0.382 e. The molecule has 0 radical (unpaired) electrons. The maximum Gasteiger partial charge on any atom is 0.258 e. The lowest BCUT2D eigenvalue weighted by Crippen LogP contribution is -2.28. The normalized spacial score (nSPS) is 13.9. The average Bonchev–Trinajstić information content (AvgIpc) is 3.07. The van der Waals surface area contributed by atoms with E-state index in [1.165, 1.54) is 6.92 Å². The van der Waals surface area contributed by atoms with Crippen LogP contribution in [0.5, 0.6) is 0 Å². The molecule has 0 saturated heterocycles. The standard InChI is InChI=1S/C11H17N5O2S/c1-6(17)13-4-5-14-11-8(9(12)16-19-11)10(18)15-7-2-3-7/h7,14H,2-5H2,1H3,(H2,12,16)(H,13,17)(H,15,18). The van der Waals surface area contributed by atoms with Crippen LogP contribution < -0.4 is 21.7 Å². The van der Waals surface area contributed by atoms with Crippen molar-refractivity contribution in [2.45, 2.75) is 25.8 Å². The largest absolute Gasteiger partial charge is 0.382 e. The summed E-state index contributed by atoms with van der Waals surface area (Å²) in [5.41, 5.74) is 6.12. The van der Waals surface area contributed by atoms with Crippen LogP contribution in [0.2, 0.25) is 0 Å². The molecule has 1 aromatic rings. The fraction of sp³-hybridized carbons (Fsp3) is 0.545. The summed E-state index contributed by atoms with van der Waals surface area (Å²) in [5.74, 6) is -0.0294. The summed E-state index contributed by atoms with van der Waals surface area (Å²) < 4.78 is 3.99. The molecule has 19 heavy (non-hydrogen) atoms. The van der Waals surface area contributed by atoms with Crippen LogP contribution in [0.3, 0.4) is 0 Å². The van der Waals surface area contributed by atoms with E-state index in [1.807, 2.05) is 0 Å². The first-order valence-corrected chi connectivity index (χ1v) is 6.89. The summed E-state index contributed by atoms with van der Waals surface area (Å²) in [6.07, 6.45) is 2.04. The lowest BCUT2D eigenvalue weighted by molar-refractivity contribution is -0.118. The van der Waals surface area contributed by atoms with Crippen LogP contribution in [0.4, 0.5) is 10.8 Å². The van der Waals surface area contributed by atoms with Crippen molar-refractivity contribution in [3.05, 3.63) is 5.56 Å². The number of carbonyl (C=O) groups excluding carboxylic acids is 2. The van der Waals surface area contributed by atoms with E-state index >= 15 is 0 Å². The Labute approximate surface area is 115 Å². The molecule has 0 bridgehead atoms. The van der Waals surface area contributed by atoms with Gasteiger partial charge in [-0.1, -0.05) is 0 Å². The predicted molar refractivity (Wildman–Crippen MR) is 74.2 cm³/mol. The van der Waals surface area contributed by atoms with Crippen LogP contribution >= 0.6 is 11.5 Å². The molecule has 0 unspecified atom stereocenters. The van der Waals surface area contributed by atoms with E-state index in [0.717, 1.165) is 24.4 Å². The highest BCUT2D eigenvalue weighted by Crippen LogP contribution is 2.28. The van der Waals surface area contributed by atoms with Gasteiger partial charge in [0.1, 0.15) is 10.6 Å². The van der Waals surface area contributed by atoms with Crippen LogP contribution in [-0.2, 0) is 4.79 Å². The molecule has 1 aromatic heterocycles. The van der Waals surface area contributed by atoms with Gasteiger partial charge in [-0.2, -0.15) is 4.37 Å². The Kier molecular flexibility index (Phi) is 4.20. The highest BCUT2D eigenvalue weighted by atomic mass is 32.1. The fourth-order valence-corrected chi connectivity index (χ4v) is 2.28. The van der Waals surface area contributed by atoms with E-state index in [0.29, 0.717) is 23.7 Å². The number of rotatable bonds is 6. The van der Waals surface area contributed by atoms with E-state index in [4.69, 9.17) is 5.73 Å². The molecule has 0 aromatic carbocycles. The minimum atomic E-state index is -0.184. The maximum atomic E-state index is 12.0. The van der Waals surface area contributed by atoms with Gasteiger partial charge in [0.05, 0.1) is 0 Å². The Bertz CT molecular complexity index is 483. The monoisotopic (exact) mass is 283 g/mol. The van der Waals surface area contributed by atoms with Gasteiger partial charge in [0.2, 0.25) is 5.91 Å². The molecular weight excluding hydrogens is 266 g/mol. The van der Waals surface area contributed by atoms with Gasteiger partial charge in [-0.05, 0) is 24.4 Å². The van der Waals surface area contributed by atoms with Crippen molar-refractivity contribution in [3.63, 3.8) is 0 Å². The molecule has 7 nitrogen and oxygen atoms in total. The number of nitrogens with two attached hydrogens (primary N) is 1. The molecule has 1 heterocycles. The van der Waals surface area contributed by atoms with Gasteiger partial charge in [0, 0.05) is 26.1 Å². The van der Waals surface area contributed by atoms with Gasteiger partial charge >= 0.3 is 0 Å². The second-order valence-corrected chi connectivity index (χ2v) is 5.20. The number of amides is 2. The molecule has 2 rings (SSSR count). The average molecular weight is 283 g/mol. The molecule has 8 heteroatoms. The third-order valence-electron chi connectivity index (χ3n) is 2.64. The highest BCUT2D eigenvalue weighted by Gasteiger charge is 2.27. The van der Waals surface area contributed by atoms with E-state index in [2.05, 4.69) is 20.3 Å². The highest BCUT2D eigenvalue weighted by molar-refractivity contribution is 7.11. The van der Waals surface area contributed by atoms with Crippen LogP contribution in [0.15, 0.2) is 0 Å². The zero-order chi connectivity index (χ0) is 13.8. The van der Waals surface area contributed by atoms with Crippen molar-refractivity contribution >= 4 is 34.2 Å². The van der Waals surface area contributed by atoms with E-state index < -0.39 is 0 Å². The Morgan fingerprint density at radius 1 is 1.42 bits per heavy atom. The summed E-state index contributed by atoms with van der Waals surface area (Å²) in [5, 5.41) is 9.25. The van der Waals surface area contributed by atoms with Crippen LogP contribution in [0, 0.1) is 0 Å². The van der Waals surface area contributed by atoms with E-state index in [9.17, 15) is 9.59 Å². The molecular formula is C11H17N5O2S. The molecule has 1 saturated carbocycles. The lowest BCUT2D eigenvalue weighted by Gasteiger charge is -2.07. The molecule has 1 aliphatic rings. The number of carbonyl (C=O) groups is 2. The van der Waals surface area contributed by atoms with Gasteiger partial charge in [0.15, 0.2) is 5.82 Å². The molecule has 1 fully saturated rings. The van der Waals surface area contributed by atoms with Gasteiger partial charge in [-0.25, -0.2) is 0 Å². The number of nitrogens with zero attached hydrogens (tertiary/aromatic N) is 1. The molecule has 1 aliphatic carbocycles. The summed E-state index contributed by atoms with van der Waals surface area (Å²) in [6, 6.07) is 0.277. The van der Waals surface area contributed by atoms with Crippen molar-refractivity contribution in [2.24, 2.45) is 0 Å². The van der Waals surface area contributed by atoms with Gasteiger partial charge in [0.25, 0.3) is 5.91 Å². The lowest BCUT2D eigenvalue weighted by atomic mass is 10.3. The number of hydrogen-bond acceptors (Lipinski definition) is 6. The number of nitrogens with one attached hydrogen (secondary N) is 3. The Hall–Kier alpha value is -1.83. The topological polar surface area (TPSA) is 109 Å². The SMILES string of the molecule is CC(=O)NCCNc1snc(N)c1C(=O)NC1CC1. The predicted octanol–water partition coefficient (Wildman–Crippen LogP) is 0.166. The summed E-state index contributed by atoms with van der Waals surface area (Å²) >= 11 is 1.15.